The molecule has 0 fully saturated rings. The Balaban J connectivity index is 2.04. The van der Waals surface area contributed by atoms with Crippen LogP contribution < -0.4 is 21.5 Å². The number of benzene rings is 1. The normalized spacial score (nSPS) is 10.8. The molecule has 0 amide bonds. The summed E-state index contributed by atoms with van der Waals surface area (Å²) in [6, 6.07) is 5.55. The largest absolute Gasteiger partial charge is 0.442 e. The maximum atomic E-state index is 12.7. The number of aromatic nitrogens is 5. The standard InChI is InChI=1S/C21H18Cl2N6O6/c1-4-17(30)34-9-28-20(32)12(10(2)3)7-16(27-28)35-18-13(22)5-11(6-14(18)23)29-21(33)25-19(31)15(8-24)26-29/h5-7,10H,4,9H2,1-3H3,(H,25,31,33). The summed E-state index contributed by atoms with van der Waals surface area (Å²) in [7, 11) is 0. The van der Waals surface area contributed by atoms with E-state index >= 15 is 0 Å². The smallest absolute Gasteiger partial charge is 0.349 e. The first-order valence-electron chi connectivity index (χ1n) is 10.1. The molecule has 35 heavy (non-hydrogen) atoms. The van der Waals surface area contributed by atoms with E-state index in [4.69, 9.17) is 37.9 Å². The van der Waals surface area contributed by atoms with Gasteiger partial charge in [-0.3, -0.25) is 19.4 Å². The monoisotopic (exact) mass is 520 g/mol. The number of carbonyl (C=O) groups excluding carboxylic acids is 1. The molecule has 0 bridgehead atoms. The zero-order valence-corrected chi connectivity index (χ0v) is 20.2. The van der Waals surface area contributed by atoms with Crippen LogP contribution in [0.5, 0.6) is 11.6 Å². The van der Waals surface area contributed by atoms with Crippen molar-refractivity contribution in [1.29, 1.82) is 5.26 Å². The van der Waals surface area contributed by atoms with Crippen LogP contribution in [0, 0.1) is 11.3 Å². The number of nitrogens with zero attached hydrogens (tertiary/aromatic N) is 5. The van der Waals surface area contributed by atoms with Crippen LogP contribution in [-0.4, -0.2) is 30.5 Å². The number of halogens is 2. The molecule has 1 N–H and O–H groups in total. The highest BCUT2D eigenvalue weighted by atomic mass is 35.5. The Morgan fingerprint density at radius 1 is 1.17 bits per heavy atom. The van der Waals surface area contributed by atoms with Crippen molar-refractivity contribution in [3.05, 3.63) is 70.7 Å². The van der Waals surface area contributed by atoms with Crippen molar-refractivity contribution in [3.8, 4) is 23.4 Å². The van der Waals surface area contributed by atoms with Crippen LogP contribution in [0.2, 0.25) is 10.0 Å². The Morgan fingerprint density at radius 2 is 1.83 bits per heavy atom. The molecule has 12 nitrogen and oxygen atoms in total. The molecule has 2 heterocycles. The van der Waals surface area contributed by atoms with E-state index in [-0.39, 0.29) is 39.7 Å². The van der Waals surface area contributed by atoms with Crippen molar-refractivity contribution in [2.75, 3.05) is 0 Å². The van der Waals surface area contributed by atoms with Gasteiger partial charge in [-0.1, -0.05) is 44.0 Å². The molecule has 1 aromatic carbocycles. The Labute approximate surface area is 207 Å². The molecule has 0 aliphatic heterocycles. The number of esters is 1. The van der Waals surface area contributed by atoms with Gasteiger partial charge < -0.3 is 9.47 Å². The summed E-state index contributed by atoms with van der Waals surface area (Å²) >= 11 is 12.7. The number of H-pyrrole nitrogens is 1. The summed E-state index contributed by atoms with van der Waals surface area (Å²) in [5, 5.41) is 16.7. The van der Waals surface area contributed by atoms with Crippen LogP contribution in [-0.2, 0) is 16.3 Å². The number of hydrogen-bond acceptors (Lipinski definition) is 9. The Hall–Kier alpha value is -3.95. The van der Waals surface area contributed by atoms with Gasteiger partial charge in [0.1, 0.15) is 6.07 Å². The first-order chi connectivity index (χ1) is 16.5. The lowest BCUT2D eigenvalue weighted by Gasteiger charge is -2.15. The molecule has 14 heteroatoms. The third-order valence-corrected chi connectivity index (χ3v) is 5.17. The summed E-state index contributed by atoms with van der Waals surface area (Å²) in [5.41, 5.74) is -2.43. The molecule has 0 aliphatic carbocycles. The second kappa shape index (κ2) is 10.5. The highest BCUT2D eigenvalue weighted by Gasteiger charge is 2.18. The quantitative estimate of drug-likeness (QED) is 0.460. The molecule has 0 unspecified atom stereocenters. The van der Waals surface area contributed by atoms with E-state index in [1.54, 1.807) is 26.8 Å². The molecule has 182 valence electrons. The second-order valence-electron chi connectivity index (χ2n) is 7.37. The lowest BCUT2D eigenvalue weighted by Crippen LogP contribution is -2.33. The fourth-order valence-corrected chi connectivity index (χ4v) is 3.40. The summed E-state index contributed by atoms with van der Waals surface area (Å²) in [5.74, 6) is -0.818. The lowest BCUT2D eigenvalue weighted by atomic mass is 10.1. The van der Waals surface area contributed by atoms with Crippen molar-refractivity contribution in [2.45, 2.75) is 39.8 Å². The second-order valence-corrected chi connectivity index (χ2v) is 8.18. The maximum absolute atomic E-state index is 12.7. The number of ether oxygens (including phenoxy) is 2. The molecular weight excluding hydrogens is 503 g/mol. The van der Waals surface area contributed by atoms with Gasteiger partial charge in [0.05, 0.1) is 15.7 Å². The molecule has 3 rings (SSSR count). The fraction of sp³-hybridized carbons (Fsp3) is 0.286. The van der Waals surface area contributed by atoms with E-state index in [0.29, 0.717) is 5.56 Å². The number of hydrogen-bond donors (Lipinski definition) is 1. The van der Waals surface area contributed by atoms with Crippen molar-refractivity contribution in [3.63, 3.8) is 0 Å². The van der Waals surface area contributed by atoms with Crippen molar-refractivity contribution >= 4 is 29.2 Å². The predicted octanol–water partition coefficient (Wildman–Crippen LogP) is 2.48. The number of nitriles is 1. The van der Waals surface area contributed by atoms with Gasteiger partial charge in [0.25, 0.3) is 11.1 Å². The van der Waals surface area contributed by atoms with E-state index in [9.17, 15) is 19.2 Å². The fourth-order valence-electron chi connectivity index (χ4n) is 2.84. The summed E-state index contributed by atoms with van der Waals surface area (Å²) < 4.78 is 12.5. The van der Waals surface area contributed by atoms with Crippen LogP contribution in [0.1, 0.15) is 44.4 Å². The molecular formula is C21H18Cl2N6O6. The SMILES string of the molecule is CCC(=O)OCn1nc(Oc2c(Cl)cc(-n3nc(C#N)c(=O)[nH]c3=O)cc2Cl)cc(C(C)C)c1=O. The minimum absolute atomic E-state index is 0.0481. The number of carbonyl (C=O) groups is 1. The molecule has 2 aromatic heterocycles. The van der Waals surface area contributed by atoms with Gasteiger partial charge in [0, 0.05) is 18.1 Å². The van der Waals surface area contributed by atoms with Gasteiger partial charge in [0.2, 0.25) is 11.6 Å². The van der Waals surface area contributed by atoms with E-state index < -0.39 is 35.2 Å². The summed E-state index contributed by atoms with van der Waals surface area (Å²) in [6.45, 7) is 4.79. The molecule has 0 spiro atoms. The first-order valence-corrected chi connectivity index (χ1v) is 10.9. The van der Waals surface area contributed by atoms with Crippen LogP contribution >= 0.6 is 23.2 Å². The van der Waals surface area contributed by atoms with Crippen molar-refractivity contribution in [1.82, 2.24) is 24.5 Å². The number of rotatable bonds is 7. The van der Waals surface area contributed by atoms with Crippen LogP contribution in [0.4, 0.5) is 0 Å². The molecule has 0 aliphatic rings. The predicted molar refractivity (Wildman–Crippen MR) is 124 cm³/mol. The van der Waals surface area contributed by atoms with Gasteiger partial charge in [0.15, 0.2) is 12.5 Å². The molecule has 0 saturated heterocycles. The van der Waals surface area contributed by atoms with Crippen molar-refractivity contribution < 1.29 is 14.3 Å². The average molecular weight is 521 g/mol. The van der Waals surface area contributed by atoms with Gasteiger partial charge >= 0.3 is 11.7 Å². The maximum Gasteiger partial charge on any atom is 0.349 e. The van der Waals surface area contributed by atoms with Gasteiger partial charge in [-0.2, -0.15) is 14.6 Å². The highest BCUT2D eigenvalue weighted by Crippen LogP contribution is 2.37. The van der Waals surface area contributed by atoms with Crippen LogP contribution in [0.25, 0.3) is 5.69 Å². The minimum Gasteiger partial charge on any atom is -0.442 e. The number of aromatic amines is 1. The molecule has 0 radical (unpaired) electrons. The van der Waals surface area contributed by atoms with E-state index in [2.05, 4.69) is 10.2 Å². The van der Waals surface area contributed by atoms with Gasteiger partial charge in [-0.05, 0) is 18.1 Å². The lowest BCUT2D eigenvalue weighted by molar-refractivity contribution is -0.147. The van der Waals surface area contributed by atoms with Crippen molar-refractivity contribution in [2.24, 2.45) is 0 Å². The van der Waals surface area contributed by atoms with Gasteiger partial charge in [-0.15, -0.1) is 10.2 Å². The Morgan fingerprint density at radius 3 is 2.40 bits per heavy atom. The topological polar surface area (TPSA) is 162 Å². The van der Waals surface area contributed by atoms with E-state index in [0.717, 1.165) is 9.36 Å². The first kappa shape index (κ1) is 25.7. The van der Waals surface area contributed by atoms with Gasteiger partial charge in [-0.25, -0.2) is 4.79 Å². The third-order valence-electron chi connectivity index (χ3n) is 4.61. The van der Waals surface area contributed by atoms with Crippen LogP contribution in [0.15, 0.2) is 32.6 Å². The third kappa shape index (κ3) is 5.59. The highest BCUT2D eigenvalue weighted by molar-refractivity contribution is 6.37. The summed E-state index contributed by atoms with van der Waals surface area (Å²) in [4.78, 5) is 49.9. The van der Waals surface area contributed by atoms with Crippen LogP contribution in [0.3, 0.4) is 0 Å². The average Bonchev–Trinajstić information content (AvgIpc) is 2.80. The minimum atomic E-state index is -0.933. The van der Waals surface area contributed by atoms with E-state index in [1.165, 1.54) is 18.2 Å². The molecule has 3 aromatic rings. The number of nitrogens with one attached hydrogen (secondary N) is 1. The molecule has 0 saturated carbocycles. The Kier molecular flexibility index (Phi) is 7.73. The zero-order valence-electron chi connectivity index (χ0n) is 18.7. The molecule has 0 atom stereocenters. The van der Waals surface area contributed by atoms with E-state index in [1.807, 2.05) is 4.98 Å². The summed E-state index contributed by atoms with van der Waals surface area (Å²) in [6.07, 6.45) is 0.128. The zero-order chi connectivity index (χ0) is 25.9. The Bertz CT molecular complexity index is 1500.